The number of hydrogen-bond acceptors (Lipinski definition) is 2. The third-order valence-electron chi connectivity index (χ3n) is 3.83. The Bertz CT molecular complexity index is 378. The topological polar surface area (TPSA) is 38.0 Å². The maximum atomic E-state index is 13.4. The van der Waals surface area contributed by atoms with Gasteiger partial charge < -0.3 is 0 Å². The Labute approximate surface area is 136 Å². The van der Waals surface area contributed by atoms with Gasteiger partial charge in [0, 0.05) is 10.5 Å². The highest BCUT2D eigenvalue weighted by atomic mass is 79.9. The zero-order valence-electron chi connectivity index (χ0n) is 13.0. The lowest BCUT2D eigenvalue weighted by atomic mass is 10.00. The van der Waals surface area contributed by atoms with Crippen LogP contribution in [0.3, 0.4) is 0 Å². The Morgan fingerprint density at radius 2 is 1.67 bits per heavy atom. The number of rotatable bonds is 11. The molecule has 0 aliphatic rings. The van der Waals surface area contributed by atoms with Gasteiger partial charge in [0.1, 0.15) is 5.82 Å². The van der Waals surface area contributed by atoms with Crippen molar-refractivity contribution in [1.29, 1.82) is 0 Å². The predicted molar refractivity (Wildman–Crippen MR) is 91.4 cm³/mol. The van der Waals surface area contributed by atoms with Gasteiger partial charge in [0.15, 0.2) is 0 Å². The van der Waals surface area contributed by atoms with Crippen molar-refractivity contribution in [2.75, 3.05) is 0 Å². The van der Waals surface area contributed by atoms with E-state index in [1.54, 1.807) is 6.07 Å². The third kappa shape index (κ3) is 7.93. The van der Waals surface area contributed by atoms with E-state index in [-0.39, 0.29) is 11.9 Å². The Kier molecular flexibility index (Phi) is 9.89. The molecule has 0 saturated carbocycles. The SMILES string of the molecule is CCCCCCCCCCC(NN)c1cc(F)cc(Br)c1. The van der Waals surface area contributed by atoms with Crippen molar-refractivity contribution in [2.24, 2.45) is 5.84 Å². The number of unbranched alkanes of at least 4 members (excludes halogenated alkanes) is 7. The highest BCUT2D eigenvalue weighted by Crippen LogP contribution is 2.24. The van der Waals surface area contributed by atoms with Gasteiger partial charge in [0.05, 0.1) is 0 Å². The van der Waals surface area contributed by atoms with Crippen LogP contribution in [0, 0.1) is 5.82 Å². The number of halogens is 2. The van der Waals surface area contributed by atoms with Crippen molar-refractivity contribution in [3.05, 3.63) is 34.1 Å². The second-order valence-electron chi connectivity index (χ2n) is 5.69. The summed E-state index contributed by atoms with van der Waals surface area (Å²) < 4.78 is 14.2. The average molecular weight is 359 g/mol. The first-order valence-electron chi connectivity index (χ1n) is 8.09. The molecule has 120 valence electrons. The summed E-state index contributed by atoms with van der Waals surface area (Å²) in [5, 5.41) is 0. The van der Waals surface area contributed by atoms with E-state index in [9.17, 15) is 4.39 Å². The fourth-order valence-corrected chi connectivity index (χ4v) is 3.09. The first-order chi connectivity index (χ1) is 10.2. The van der Waals surface area contributed by atoms with E-state index >= 15 is 0 Å². The standard InChI is InChI=1S/C17H28BrFN2/c1-2-3-4-5-6-7-8-9-10-17(21-20)14-11-15(18)13-16(19)12-14/h11-13,17,21H,2-10,20H2,1H3. The Morgan fingerprint density at radius 1 is 1.05 bits per heavy atom. The maximum absolute atomic E-state index is 13.4. The normalized spacial score (nSPS) is 12.6. The van der Waals surface area contributed by atoms with Crippen molar-refractivity contribution >= 4 is 15.9 Å². The lowest BCUT2D eigenvalue weighted by Crippen LogP contribution is -2.28. The molecule has 0 spiro atoms. The highest BCUT2D eigenvalue weighted by molar-refractivity contribution is 9.10. The molecule has 1 atom stereocenters. The van der Waals surface area contributed by atoms with Crippen LogP contribution in [-0.2, 0) is 0 Å². The Balaban J connectivity index is 2.25. The van der Waals surface area contributed by atoms with E-state index in [0.29, 0.717) is 0 Å². The van der Waals surface area contributed by atoms with Crippen LogP contribution in [0.1, 0.15) is 76.3 Å². The second-order valence-corrected chi connectivity index (χ2v) is 6.60. The molecule has 0 heterocycles. The molecule has 4 heteroatoms. The molecule has 1 aromatic carbocycles. The molecule has 0 aliphatic heterocycles. The van der Waals surface area contributed by atoms with Crippen LogP contribution in [0.5, 0.6) is 0 Å². The summed E-state index contributed by atoms with van der Waals surface area (Å²) in [5.74, 6) is 5.39. The van der Waals surface area contributed by atoms with Crippen LogP contribution in [0.15, 0.2) is 22.7 Å². The fourth-order valence-electron chi connectivity index (χ4n) is 2.60. The van der Waals surface area contributed by atoms with Crippen molar-refractivity contribution < 1.29 is 4.39 Å². The lowest BCUT2D eigenvalue weighted by molar-refractivity contribution is 0.472. The smallest absolute Gasteiger partial charge is 0.124 e. The first-order valence-corrected chi connectivity index (χ1v) is 8.88. The summed E-state index contributed by atoms with van der Waals surface area (Å²) in [4.78, 5) is 0. The molecule has 0 amide bonds. The summed E-state index contributed by atoms with van der Waals surface area (Å²) in [6.45, 7) is 2.24. The quantitative estimate of drug-likeness (QED) is 0.306. The van der Waals surface area contributed by atoms with Gasteiger partial charge in [-0.15, -0.1) is 0 Å². The van der Waals surface area contributed by atoms with Gasteiger partial charge in [-0.1, -0.05) is 74.2 Å². The minimum absolute atomic E-state index is 0.0251. The molecular formula is C17H28BrFN2. The minimum Gasteiger partial charge on any atom is -0.271 e. The summed E-state index contributed by atoms with van der Waals surface area (Å²) in [7, 11) is 0. The van der Waals surface area contributed by atoms with Gasteiger partial charge in [0.2, 0.25) is 0 Å². The molecule has 1 aromatic rings. The van der Waals surface area contributed by atoms with Crippen LogP contribution in [-0.4, -0.2) is 0 Å². The summed E-state index contributed by atoms with van der Waals surface area (Å²) in [6.07, 6.45) is 11.3. The van der Waals surface area contributed by atoms with Gasteiger partial charge in [-0.3, -0.25) is 11.3 Å². The third-order valence-corrected chi connectivity index (χ3v) is 4.29. The molecule has 1 rings (SSSR count). The van der Waals surface area contributed by atoms with E-state index < -0.39 is 0 Å². The maximum Gasteiger partial charge on any atom is 0.124 e. The molecule has 0 saturated heterocycles. The fraction of sp³-hybridized carbons (Fsp3) is 0.647. The Morgan fingerprint density at radius 3 is 2.24 bits per heavy atom. The van der Waals surface area contributed by atoms with Gasteiger partial charge in [-0.05, 0) is 30.2 Å². The van der Waals surface area contributed by atoms with Crippen LogP contribution < -0.4 is 11.3 Å². The summed E-state index contributed by atoms with van der Waals surface area (Å²) >= 11 is 3.32. The predicted octanol–water partition coefficient (Wildman–Crippen LogP) is 5.62. The van der Waals surface area contributed by atoms with Gasteiger partial charge >= 0.3 is 0 Å². The molecule has 2 nitrogen and oxygen atoms in total. The van der Waals surface area contributed by atoms with Crippen LogP contribution in [0.4, 0.5) is 4.39 Å². The number of nitrogens with one attached hydrogen (secondary N) is 1. The van der Waals surface area contributed by atoms with Crippen LogP contribution in [0.25, 0.3) is 0 Å². The van der Waals surface area contributed by atoms with Crippen molar-refractivity contribution in [2.45, 2.75) is 70.8 Å². The zero-order valence-corrected chi connectivity index (χ0v) is 14.6. The van der Waals surface area contributed by atoms with Crippen LogP contribution >= 0.6 is 15.9 Å². The monoisotopic (exact) mass is 358 g/mol. The highest BCUT2D eigenvalue weighted by Gasteiger charge is 2.11. The number of hydrazine groups is 1. The number of benzene rings is 1. The molecule has 0 aromatic heterocycles. The van der Waals surface area contributed by atoms with Crippen molar-refractivity contribution in [3.8, 4) is 0 Å². The zero-order chi connectivity index (χ0) is 15.5. The van der Waals surface area contributed by atoms with Gasteiger partial charge in [-0.2, -0.15) is 0 Å². The Hall–Kier alpha value is -0.450. The van der Waals surface area contributed by atoms with Crippen molar-refractivity contribution in [1.82, 2.24) is 5.43 Å². The first kappa shape index (κ1) is 18.6. The summed E-state index contributed by atoms with van der Waals surface area (Å²) in [5.41, 5.74) is 3.71. The molecule has 1 unspecified atom stereocenters. The molecule has 0 fully saturated rings. The lowest BCUT2D eigenvalue weighted by Gasteiger charge is -2.16. The largest absolute Gasteiger partial charge is 0.271 e. The number of hydrogen-bond donors (Lipinski definition) is 2. The molecular weight excluding hydrogens is 331 g/mol. The van der Waals surface area contributed by atoms with Gasteiger partial charge in [-0.25, -0.2) is 4.39 Å². The average Bonchev–Trinajstić information content (AvgIpc) is 2.44. The van der Waals surface area contributed by atoms with E-state index in [0.717, 1.165) is 22.9 Å². The van der Waals surface area contributed by atoms with E-state index in [1.807, 2.05) is 6.07 Å². The van der Waals surface area contributed by atoms with Gasteiger partial charge in [0.25, 0.3) is 0 Å². The van der Waals surface area contributed by atoms with E-state index in [1.165, 1.54) is 51.0 Å². The summed E-state index contributed by atoms with van der Waals surface area (Å²) in [6, 6.07) is 4.98. The molecule has 21 heavy (non-hydrogen) atoms. The van der Waals surface area contributed by atoms with E-state index in [2.05, 4.69) is 28.3 Å². The molecule has 3 N–H and O–H groups in total. The second kappa shape index (κ2) is 11.2. The molecule has 0 radical (unpaired) electrons. The van der Waals surface area contributed by atoms with Crippen molar-refractivity contribution in [3.63, 3.8) is 0 Å². The number of nitrogens with two attached hydrogens (primary N) is 1. The van der Waals surface area contributed by atoms with E-state index in [4.69, 9.17) is 5.84 Å². The molecule has 0 aliphatic carbocycles. The van der Waals surface area contributed by atoms with Crippen LogP contribution in [0.2, 0.25) is 0 Å². The minimum atomic E-state index is -0.226. The molecule has 0 bridgehead atoms.